The fourth-order valence-electron chi connectivity index (χ4n) is 1.54. The van der Waals surface area contributed by atoms with Crippen LogP contribution in [0.15, 0.2) is 30.6 Å². The van der Waals surface area contributed by atoms with Gasteiger partial charge in [-0.2, -0.15) is 0 Å². The van der Waals surface area contributed by atoms with Crippen molar-refractivity contribution in [3.63, 3.8) is 0 Å². The number of nitrogens with zero attached hydrogens (tertiary/aromatic N) is 3. The predicted molar refractivity (Wildman–Crippen MR) is 66.1 cm³/mol. The maximum Gasteiger partial charge on any atom is 0.226 e. The van der Waals surface area contributed by atoms with Crippen LogP contribution in [0.3, 0.4) is 0 Å². The lowest BCUT2D eigenvalue weighted by molar-refractivity contribution is -0.116. The van der Waals surface area contributed by atoms with Crippen molar-refractivity contribution in [2.24, 2.45) is 0 Å². The van der Waals surface area contributed by atoms with Gasteiger partial charge in [-0.15, -0.1) is 5.10 Å². The second-order valence-corrected chi connectivity index (χ2v) is 3.91. The van der Waals surface area contributed by atoms with Crippen LogP contribution in [0.25, 0.3) is 0 Å². The third-order valence-electron chi connectivity index (χ3n) is 2.62. The van der Waals surface area contributed by atoms with Crippen molar-refractivity contribution >= 4 is 11.6 Å². The van der Waals surface area contributed by atoms with Gasteiger partial charge >= 0.3 is 0 Å². The van der Waals surface area contributed by atoms with E-state index in [9.17, 15) is 9.90 Å². The Bertz CT molecular complexity index is 537. The van der Waals surface area contributed by atoms with Crippen LogP contribution < -0.4 is 5.32 Å². The molecular formula is C12H14N4O2. The van der Waals surface area contributed by atoms with Gasteiger partial charge in [-0.3, -0.25) is 9.48 Å². The molecule has 2 N–H and O–H groups in total. The molecule has 0 spiro atoms. The van der Waals surface area contributed by atoms with Gasteiger partial charge in [0.2, 0.25) is 5.91 Å². The molecule has 6 nitrogen and oxygen atoms in total. The van der Waals surface area contributed by atoms with Crippen LogP contribution in [0, 0.1) is 6.92 Å². The summed E-state index contributed by atoms with van der Waals surface area (Å²) in [5.74, 6) is 0.0447. The van der Waals surface area contributed by atoms with E-state index in [0.717, 1.165) is 0 Å². The average Bonchev–Trinajstić information content (AvgIpc) is 2.86. The van der Waals surface area contributed by atoms with E-state index in [4.69, 9.17) is 0 Å². The van der Waals surface area contributed by atoms with E-state index < -0.39 is 0 Å². The summed E-state index contributed by atoms with van der Waals surface area (Å²) in [5.41, 5.74) is 1.28. The summed E-state index contributed by atoms with van der Waals surface area (Å²) in [4.78, 5) is 11.7. The molecule has 0 unspecified atom stereocenters. The average molecular weight is 246 g/mol. The van der Waals surface area contributed by atoms with Crippen LogP contribution in [-0.2, 0) is 11.3 Å². The first kappa shape index (κ1) is 12.1. The van der Waals surface area contributed by atoms with E-state index in [2.05, 4.69) is 15.6 Å². The van der Waals surface area contributed by atoms with Gasteiger partial charge in [0, 0.05) is 23.9 Å². The number of phenols is 1. The van der Waals surface area contributed by atoms with Gasteiger partial charge in [-0.1, -0.05) is 11.3 Å². The molecule has 0 aliphatic rings. The number of hydrogen-bond donors (Lipinski definition) is 2. The van der Waals surface area contributed by atoms with Crippen molar-refractivity contribution in [3.05, 3.63) is 36.2 Å². The second kappa shape index (κ2) is 5.31. The minimum absolute atomic E-state index is 0.126. The number of nitrogens with one attached hydrogen (secondary N) is 1. The molecule has 0 aliphatic heterocycles. The standard InChI is InChI=1S/C12H14N4O2/c1-9-10(3-2-4-11(9)17)14-12(18)5-7-16-8-6-13-15-16/h2-4,6,8,17H,5,7H2,1H3,(H,14,18). The maximum atomic E-state index is 11.7. The highest BCUT2D eigenvalue weighted by Crippen LogP contribution is 2.23. The van der Waals surface area contributed by atoms with Gasteiger partial charge in [0.1, 0.15) is 5.75 Å². The first-order chi connectivity index (χ1) is 8.66. The fourth-order valence-corrected chi connectivity index (χ4v) is 1.54. The molecule has 2 aromatic rings. The zero-order chi connectivity index (χ0) is 13.0. The molecule has 0 radical (unpaired) electrons. The summed E-state index contributed by atoms with van der Waals surface area (Å²) in [6.45, 7) is 2.23. The molecule has 1 heterocycles. The van der Waals surface area contributed by atoms with Gasteiger partial charge in [0.15, 0.2) is 0 Å². The zero-order valence-corrected chi connectivity index (χ0v) is 10.00. The molecule has 0 saturated heterocycles. The minimum atomic E-state index is -0.126. The quantitative estimate of drug-likeness (QED) is 0.852. The fraction of sp³-hybridized carbons (Fsp3) is 0.250. The number of phenolic OH excluding ortho intramolecular Hbond substituents is 1. The molecule has 18 heavy (non-hydrogen) atoms. The van der Waals surface area contributed by atoms with Crippen LogP contribution in [0.2, 0.25) is 0 Å². The third kappa shape index (κ3) is 2.85. The van der Waals surface area contributed by atoms with Crippen molar-refractivity contribution in [2.75, 3.05) is 5.32 Å². The Morgan fingerprint density at radius 3 is 3.06 bits per heavy atom. The van der Waals surface area contributed by atoms with E-state index in [1.54, 1.807) is 42.2 Å². The molecule has 0 atom stereocenters. The first-order valence-electron chi connectivity index (χ1n) is 5.59. The van der Waals surface area contributed by atoms with Crippen LogP contribution in [-0.4, -0.2) is 26.0 Å². The predicted octanol–water partition coefficient (Wildman–Crippen LogP) is 1.32. The van der Waals surface area contributed by atoms with E-state index in [1.807, 2.05) is 0 Å². The van der Waals surface area contributed by atoms with E-state index >= 15 is 0 Å². The topological polar surface area (TPSA) is 80.0 Å². The first-order valence-corrected chi connectivity index (χ1v) is 5.59. The third-order valence-corrected chi connectivity index (χ3v) is 2.62. The van der Waals surface area contributed by atoms with E-state index in [0.29, 0.717) is 24.2 Å². The number of aromatic hydroxyl groups is 1. The highest BCUT2D eigenvalue weighted by molar-refractivity contribution is 5.91. The molecule has 0 aliphatic carbocycles. The Morgan fingerprint density at radius 2 is 2.33 bits per heavy atom. The number of aryl methyl sites for hydroxylation is 1. The van der Waals surface area contributed by atoms with Gasteiger partial charge in [-0.05, 0) is 19.1 Å². The Kier molecular flexibility index (Phi) is 3.57. The minimum Gasteiger partial charge on any atom is -0.508 e. The normalized spacial score (nSPS) is 10.3. The molecule has 94 valence electrons. The maximum absolute atomic E-state index is 11.7. The van der Waals surface area contributed by atoms with Crippen molar-refractivity contribution in [3.8, 4) is 5.75 Å². The zero-order valence-electron chi connectivity index (χ0n) is 10.00. The number of amides is 1. The Morgan fingerprint density at radius 1 is 1.50 bits per heavy atom. The van der Waals surface area contributed by atoms with Gasteiger partial charge < -0.3 is 10.4 Å². The van der Waals surface area contributed by atoms with Crippen LogP contribution in [0.5, 0.6) is 5.75 Å². The van der Waals surface area contributed by atoms with Crippen molar-refractivity contribution < 1.29 is 9.90 Å². The summed E-state index contributed by atoms with van der Waals surface area (Å²) >= 11 is 0. The van der Waals surface area contributed by atoms with Crippen LogP contribution in [0.4, 0.5) is 5.69 Å². The SMILES string of the molecule is Cc1c(O)cccc1NC(=O)CCn1ccnn1. The summed E-state index contributed by atoms with van der Waals surface area (Å²) in [5, 5.41) is 19.7. The Balaban J connectivity index is 1.93. The second-order valence-electron chi connectivity index (χ2n) is 3.91. The van der Waals surface area contributed by atoms with Gasteiger partial charge in [0.05, 0.1) is 12.7 Å². The summed E-state index contributed by atoms with van der Waals surface area (Å²) in [7, 11) is 0. The molecule has 0 bridgehead atoms. The number of anilines is 1. The molecule has 1 aromatic heterocycles. The van der Waals surface area contributed by atoms with Crippen molar-refractivity contribution in [2.45, 2.75) is 19.9 Å². The molecular weight excluding hydrogens is 232 g/mol. The lowest BCUT2D eigenvalue weighted by Crippen LogP contribution is -2.15. The Labute approximate surface area is 104 Å². The number of carbonyl (C=O) groups excluding carboxylic acids is 1. The molecule has 1 aromatic carbocycles. The molecule has 0 saturated carbocycles. The summed E-state index contributed by atoms with van der Waals surface area (Å²) < 4.78 is 1.59. The van der Waals surface area contributed by atoms with Crippen LogP contribution >= 0.6 is 0 Å². The van der Waals surface area contributed by atoms with Gasteiger partial charge in [0.25, 0.3) is 0 Å². The summed E-state index contributed by atoms with van der Waals surface area (Å²) in [6, 6.07) is 5.03. The van der Waals surface area contributed by atoms with Gasteiger partial charge in [-0.25, -0.2) is 0 Å². The van der Waals surface area contributed by atoms with Crippen molar-refractivity contribution in [1.82, 2.24) is 15.0 Å². The smallest absolute Gasteiger partial charge is 0.226 e. The highest BCUT2D eigenvalue weighted by atomic mass is 16.3. The number of carbonyl (C=O) groups is 1. The molecule has 0 fully saturated rings. The largest absolute Gasteiger partial charge is 0.508 e. The number of aromatic nitrogens is 3. The molecule has 2 rings (SSSR count). The van der Waals surface area contributed by atoms with E-state index in [1.165, 1.54) is 0 Å². The van der Waals surface area contributed by atoms with Crippen molar-refractivity contribution in [1.29, 1.82) is 0 Å². The highest BCUT2D eigenvalue weighted by Gasteiger charge is 2.07. The lowest BCUT2D eigenvalue weighted by Gasteiger charge is -2.09. The molecule has 6 heteroatoms. The number of rotatable bonds is 4. The van der Waals surface area contributed by atoms with Crippen LogP contribution in [0.1, 0.15) is 12.0 Å². The van der Waals surface area contributed by atoms with E-state index in [-0.39, 0.29) is 11.7 Å². The number of hydrogen-bond acceptors (Lipinski definition) is 4. The Hall–Kier alpha value is -2.37. The lowest BCUT2D eigenvalue weighted by atomic mass is 10.2. The number of benzene rings is 1. The molecule has 1 amide bonds. The monoisotopic (exact) mass is 246 g/mol. The summed E-state index contributed by atoms with van der Waals surface area (Å²) in [6.07, 6.45) is 3.57.